The average molecular weight is 358 g/mol. The molecule has 0 fully saturated rings. The summed E-state index contributed by atoms with van der Waals surface area (Å²) in [6.07, 6.45) is 0. The number of aromatic nitrogens is 4. The molecule has 1 atom stereocenters. The van der Waals surface area contributed by atoms with Gasteiger partial charge in [-0.1, -0.05) is 47.3 Å². The minimum absolute atomic E-state index is 0.00690. The van der Waals surface area contributed by atoms with Crippen LogP contribution in [-0.4, -0.2) is 33.4 Å². The van der Waals surface area contributed by atoms with E-state index in [-0.39, 0.29) is 5.25 Å². The summed E-state index contributed by atoms with van der Waals surface area (Å²) in [5.41, 5.74) is 3.13. The van der Waals surface area contributed by atoms with Crippen molar-refractivity contribution in [2.75, 3.05) is 13.7 Å². The van der Waals surface area contributed by atoms with E-state index in [9.17, 15) is 0 Å². The van der Waals surface area contributed by atoms with Gasteiger partial charge in [0.1, 0.15) is 0 Å². The van der Waals surface area contributed by atoms with Crippen LogP contribution in [0.5, 0.6) is 0 Å². The second kappa shape index (κ2) is 7.84. The van der Waals surface area contributed by atoms with E-state index in [0.717, 1.165) is 28.7 Å². The molecule has 1 aromatic carbocycles. The maximum atomic E-state index is 5.47. The molecule has 0 bridgehead atoms. The van der Waals surface area contributed by atoms with Crippen molar-refractivity contribution in [2.24, 2.45) is 0 Å². The number of aryl methyl sites for hydroxylation is 1. The third kappa shape index (κ3) is 3.93. The van der Waals surface area contributed by atoms with Gasteiger partial charge < -0.3 is 13.8 Å². The lowest BCUT2D eigenvalue weighted by atomic mass is 10.2. The van der Waals surface area contributed by atoms with Gasteiger partial charge in [-0.05, 0) is 20.8 Å². The van der Waals surface area contributed by atoms with E-state index in [2.05, 4.69) is 26.6 Å². The Kier molecular flexibility index (Phi) is 5.55. The molecule has 2 heterocycles. The van der Waals surface area contributed by atoms with Gasteiger partial charge in [0.2, 0.25) is 11.7 Å². The van der Waals surface area contributed by atoms with Gasteiger partial charge in [-0.3, -0.25) is 0 Å². The van der Waals surface area contributed by atoms with E-state index in [1.165, 1.54) is 0 Å². The van der Waals surface area contributed by atoms with E-state index in [4.69, 9.17) is 9.26 Å². The molecule has 0 aliphatic heterocycles. The molecule has 0 aliphatic rings. The Labute approximate surface area is 151 Å². The zero-order chi connectivity index (χ0) is 17.8. The van der Waals surface area contributed by atoms with Crippen molar-refractivity contribution >= 4 is 11.8 Å². The van der Waals surface area contributed by atoms with Crippen molar-refractivity contribution in [2.45, 2.75) is 37.7 Å². The zero-order valence-corrected chi connectivity index (χ0v) is 15.7. The molecule has 0 saturated carbocycles. The van der Waals surface area contributed by atoms with Crippen LogP contribution in [0.1, 0.15) is 29.5 Å². The van der Waals surface area contributed by atoms with Gasteiger partial charge in [-0.15, -0.1) is 0 Å². The standard InChI is InChI=1S/C18H22N4O2S/c1-12-13(2)22(10-11-23-4)18(19-12)25-14(3)17-20-16(21-24-17)15-8-6-5-7-9-15/h5-9,14H,10-11H2,1-4H3/t14-/m1/s1. The van der Waals surface area contributed by atoms with Crippen LogP contribution in [0.2, 0.25) is 0 Å². The van der Waals surface area contributed by atoms with Gasteiger partial charge >= 0.3 is 0 Å². The maximum absolute atomic E-state index is 5.47. The van der Waals surface area contributed by atoms with Crippen molar-refractivity contribution < 1.29 is 9.26 Å². The molecule has 0 radical (unpaired) electrons. The van der Waals surface area contributed by atoms with Crippen LogP contribution in [0, 0.1) is 13.8 Å². The molecular weight excluding hydrogens is 336 g/mol. The first-order valence-electron chi connectivity index (χ1n) is 8.18. The Hall–Kier alpha value is -2.12. The highest BCUT2D eigenvalue weighted by Crippen LogP contribution is 2.35. The summed E-state index contributed by atoms with van der Waals surface area (Å²) in [4.78, 5) is 9.21. The fourth-order valence-electron chi connectivity index (χ4n) is 2.47. The third-order valence-electron chi connectivity index (χ3n) is 4.05. The monoisotopic (exact) mass is 358 g/mol. The Morgan fingerprint density at radius 2 is 1.96 bits per heavy atom. The minimum atomic E-state index is 0.00690. The highest BCUT2D eigenvalue weighted by molar-refractivity contribution is 7.99. The van der Waals surface area contributed by atoms with Crippen LogP contribution < -0.4 is 0 Å². The van der Waals surface area contributed by atoms with Crippen molar-refractivity contribution in [1.82, 2.24) is 19.7 Å². The van der Waals surface area contributed by atoms with Gasteiger partial charge in [-0.2, -0.15) is 4.98 Å². The quantitative estimate of drug-likeness (QED) is 0.594. The van der Waals surface area contributed by atoms with E-state index in [0.29, 0.717) is 18.3 Å². The third-order valence-corrected chi connectivity index (χ3v) is 5.12. The Morgan fingerprint density at radius 3 is 2.68 bits per heavy atom. The molecule has 132 valence electrons. The molecule has 0 unspecified atom stereocenters. The normalized spacial score (nSPS) is 12.5. The highest BCUT2D eigenvalue weighted by atomic mass is 32.2. The van der Waals surface area contributed by atoms with Crippen LogP contribution >= 0.6 is 11.8 Å². The average Bonchev–Trinajstić information content (AvgIpc) is 3.21. The van der Waals surface area contributed by atoms with Gasteiger partial charge in [0, 0.05) is 24.9 Å². The molecule has 6 nitrogen and oxygen atoms in total. The summed E-state index contributed by atoms with van der Waals surface area (Å²) in [5, 5.41) is 5.05. The number of methoxy groups -OCH3 is 1. The molecule has 0 amide bonds. The van der Waals surface area contributed by atoms with Crippen LogP contribution in [0.25, 0.3) is 11.4 Å². The highest BCUT2D eigenvalue weighted by Gasteiger charge is 2.20. The van der Waals surface area contributed by atoms with E-state index < -0.39 is 0 Å². The Bertz CT molecular complexity index is 829. The summed E-state index contributed by atoms with van der Waals surface area (Å²) >= 11 is 1.62. The van der Waals surface area contributed by atoms with Crippen LogP contribution in [0.3, 0.4) is 0 Å². The number of hydrogen-bond acceptors (Lipinski definition) is 6. The lowest BCUT2D eigenvalue weighted by molar-refractivity contribution is 0.184. The second-order valence-electron chi connectivity index (χ2n) is 5.79. The van der Waals surface area contributed by atoms with Crippen molar-refractivity contribution in [3.8, 4) is 11.4 Å². The van der Waals surface area contributed by atoms with Gasteiger partial charge in [-0.25, -0.2) is 4.98 Å². The van der Waals surface area contributed by atoms with Crippen molar-refractivity contribution in [3.05, 3.63) is 47.6 Å². The first-order chi connectivity index (χ1) is 12.1. The van der Waals surface area contributed by atoms with E-state index >= 15 is 0 Å². The van der Waals surface area contributed by atoms with Crippen molar-refractivity contribution in [1.29, 1.82) is 0 Å². The predicted octanol–water partition coefficient (Wildman–Crippen LogP) is 4.05. The summed E-state index contributed by atoms with van der Waals surface area (Å²) in [6, 6.07) is 9.82. The molecule has 25 heavy (non-hydrogen) atoms. The molecule has 2 aromatic heterocycles. The van der Waals surface area contributed by atoms with Gasteiger partial charge in [0.25, 0.3) is 0 Å². The smallest absolute Gasteiger partial charge is 0.240 e. The van der Waals surface area contributed by atoms with Crippen LogP contribution in [-0.2, 0) is 11.3 Å². The fraction of sp³-hybridized carbons (Fsp3) is 0.389. The number of imidazole rings is 1. The number of ether oxygens (including phenoxy) is 1. The predicted molar refractivity (Wildman–Crippen MR) is 97.6 cm³/mol. The summed E-state index contributed by atoms with van der Waals surface area (Å²) in [5.74, 6) is 1.21. The van der Waals surface area contributed by atoms with Crippen LogP contribution in [0.15, 0.2) is 40.0 Å². The van der Waals surface area contributed by atoms with E-state index in [1.807, 2.05) is 44.2 Å². The number of hydrogen-bond donors (Lipinski definition) is 0. The molecular formula is C18H22N4O2S. The van der Waals surface area contributed by atoms with E-state index in [1.54, 1.807) is 18.9 Å². The summed E-state index contributed by atoms with van der Waals surface area (Å²) in [7, 11) is 1.71. The summed E-state index contributed by atoms with van der Waals surface area (Å²) < 4.78 is 12.9. The number of thioether (sulfide) groups is 1. The molecule has 0 aliphatic carbocycles. The fourth-order valence-corrected chi connectivity index (χ4v) is 3.53. The first kappa shape index (κ1) is 17.7. The molecule has 7 heteroatoms. The summed E-state index contributed by atoms with van der Waals surface area (Å²) in [6.45, 7) is 7.57. The molecule has 0 spiro atoms. The minimum Gasteiger partial charge on any atom is -0.383 e. The maximum Gasteiger partial charge on any atom is 0.240 e. The lowest BCUT2D eigenvalue weighted by Gasteiger charge is -2.11. The Balaban J connectivity index is 1.78. The molecule has 3 aromatic rings. The van der Waals surface area contributed by atoms with Crippen molar-refractivity contribution in [3.63, 3.8) is 0 Å². The molecule has 0 N–H and O–H groups in total. The zero-order valence-electron chi connectivity index (χ0n) is 14.9. The second-order valence-corrected chi connectivity index (χ2v) is 7.10. The largest absolute Gasteiger partial charge is 0.383 e. The topological polar surface area (TPSA) is 66.0 Å². The lowest BCUT2D eigenvalue weighted by Crippen LogP contribution is -2.08. The van der Waals surface area contributed by atoms with Gasteiger partial charge in [0.05, 0.1) is 17.6 Å². The molecule has 0 saturated heterocycles. The number of nitrogens with zero attached hydrogens (tertiary/aromatic N) is 4. The SMILES string of the molecule is COCCn1c(S[C@H](C)c2nc(-c3ccccc3)no2)nc(C)c1C. The number of rotatable bonds is 7. The first-order valence-corrected chi connectivity index (χ1v) is 9.06. The Morgan fingerprint density at radius 1 is 1.20 bits per heavy atom. The van der Waals surface area contributed by atoms with Crippen LogP contribution in [0.4, 0.5) is 0 Å². The number of benzene rings is 1. The molecule has 3 rings (SSSR count). The van der Waals surface area contributed by atoms with Gasteiger partial charge in [0.15, 0.2) is 5.16 Å².